The Bertz CT molecular complexity index is 1150. The van der Waals surface area contributed by atoms with E-state index in [1.807, 2.05) is 0 Å². The van der Waals surface area contributed by atoms with Gasteiger partial charge in [-0.1, -0.05) is 6.07 Å². The maximum Gasteiger partial charge on any atom is 0.573 e. The Labute approximate surface area is 169 Å². The summed E-state index contributed by atoms with van der Waals surface area (Å²) >= 11 is 0. The minimum absolute atomic E-state index is 0.00457. The SMILES string of the molecule is NC(=O)c1cc2ccc(OC(F)(F)F)cc2n1-c1cccc(CNC(=O)C(F)(F)F)n1. The number of primary amides is 1. The number of benzene rings is 1. The van der Waals surface area contributed by atoms with Gasteiger partial charge in [0.2, 0.25) is 0 Å². The number of hydrogen-bond donors (Lipinski definition) is 2. The average Bonchev–Trinajstić information content (AvgIpc) is 3.03. The molecule has 0 aliphatic carbocycles. The molecular formula is C18H12F6N4O3. The van der Waals surface area contributed by atoms with Gasteiger partial charge < -0.3 is 15.8 Å². The molecule has 2 heterocycles. The minimum atomic E-state index is -5.08. The molecule has 3 N–H and O–H groups in total. The second-order valence-electron chi connectivity index (χ2n) is 6.17. The molecule has 3 rings (SSSR count). The predicted octanol–water partition coefficient (Wildman–Crippen LogP) is 3.20. The number of carbonyl (C=O) groups excluding carboxylic acids is 2. The third-order valence-corrected chi connectivity index (χ3v) is 3.97. The van der Waals surface area contributed by atoms with Gasteiger partial charge in [-0.25, -0.2) is 4.98 Å². The molecule has 0 bridgehead atoms. The molecule has 3 aromatic rings. The van der Waals surface area contributed by atoms with Crippen molar-refractivity contribution in [3.05, 3.63) is 53.9 Å². The number of nitrogens with one attached hydrogen (secondary N) is 1. The Morgan fingerprint density at radius 3 is 2.39 bits per heavy atom. The number of alkyl halides is 6. The van der Waals surface area contributed by atoms with Crippen LogP contribution in [0.4, 0.5) is 26.3 Å². The normalized spacial score (nSPS) is 12.1. The third-order valence-electron chi connectivity index (χ3n) is 3.97. The highest BCUT2D eigenvalue weighted by molar-refractivity contribution is 5.99. The van der Waals surface area contributed by atoms with Crippen molar-refractivity contribution in [1.82, 2.24) is 14.9 Å². The van der Waals surface area contributed by atoms with Crippen LogP contribution in [0.5, 0.6) is 5.75 Å². The second kappa shape index (κ2) is 7.81. The second-order valence-corrected chi connectivity index (χ2v) is 6.17. The highest BCUT2D eigenvalue weighted by Crippen LogP contribution is 2.30. The fraction of sp³-hybridized carbons (Fsp3) is 0.167. The summed E-state index contributed by atoms with van der Waals surface area (Å²) in [4.78, 5) is 26.9. The number of rotatable bonds is 5. The smallest absolute Gasteiger partial charge is 0.406 e. The van der Waals surface area contributed by atoms with E-state index in [4.69, 9.17) is 5.73 Å². The summed E-state index contributed by atoms with van der Waals surface area (Å²) in [6, 6.07) is 8.69. The average molecular weight is 446 g/mol. The standard InChI is InChI=1S/C18H12F6N4O3/c19-17(20,21)16(30)26-8-10-2-1-3-14(27-10)28-12-7-11(31-18(22,23)24)5-4-9(12)6-13(28)15(25)29/h1-7H,8H2,(H2,25,29)(H,26,30). The van der Waals surface area contributed by atoms with Crippen LogP contribution in [0.25, 0.3) is 16.7 Å². The fourth-order valence-electron chi connectivity index (χ4n) is 2.77. The number of nitrogens with two attached hydrogens (primary N) is 1. The lowest BCUT2D eigenvalue weighted by Gasteiger charge is -2.12. The zero-order valence-electron chi connectivity index (χ0n) is 15.2. The van der Waals surface area contributed by atoms with Gasteiger partial charge in [0.25, 0.3) is 5.91 Å². The van der Waals surface area contributed by atoms with Crippen LogP contribution in [-0.2, 0) is 11.3 Å². The van der Waals surface area contributed by atoms with E-state index in [0.29, 0.717) is 5.39 Å². The van der Waals surface area contributed by atoms with Crippen LogP contribution in [0.15, 0.2) is 42.5 Å². The number of nitrogens with zero attached hydrogens (tertiary/aromatic N) is 2. The van der Waals surface area contributed by atoms with Crippen molar-refractivity contribution in [3.8, 4) is 11.6 Å². The van der Waals surface area contributed by atoms with Crippen LogP contribution >= 0.6 is 0 Å². The molecule has 2 aromatic heterocycles. The zero-order chi connectivity index (χ0) is 23.0. The third kappa shape index (κ3) is 5.05. The highest BCUT2D eigenvalue weighted by atomic mass is 19.4. The summed E-state index contributed by atoms with van der Waals surface area (Å²) in [5.74, 6) is -3.68. The molecule has 0 atom stereocenters. The van der Waals surface area contributed by atoms with Crippen molar-refractivity contribution >= 4 is 22.7 Å². The summed E-state index contributed by atoms with van der Waals surface area (Å²) in [5.41, 5.74) is 5.30. The molecule has 2 amide bonds. The first-order valence-electron chi connectivity index (χ1n) is 8.37. The molecule has 31 heavy (non-hydrogen) atoms. The van der Waals surface area contributed by atoms with E-state index < -0.39 is 36.6 Å². The molecule has 0 saturated heterocycles. The monoisotopic (exact) mass is 446 g/mol. The van der Waals surface area contributed by atoms with E-state index in [9.17, 15) is 35.9 Å². The van der Waals surface area contributed by atoms with Crippen molar-refractivity contribution in [1.29, 1.82) is 0 Å². The van der Waals surface area contributed by atoms with Gasteiger partial charge in [0.05, 0.1) is 17.8 Å². The van der Waals surface area contributed by atoms with E-state index >= 15 is 0 Å². The van der Waals surface area contributed by atoms with Crippen LogP contribution in [-0.4, -0.2) is 33.9 Å². The summed E-state index contributed by atoms with van der Waals surface area (Å²) in [6.07, 6.45) is -10.0. The number of pyridine rings is 1. The van der Waals surface area contributed by atoms with E-state index in [0.717, 1.165) is 16.7 Å². The van der Waals surface area contributed by atoms with Crippen molar-refractivity contribution < 1.29 is 40.7 Å². The van der Waals surface area contributed by atoms with Crippen molar-refractivity contribution in [2.24, 2.45) is 5.73 Å². The molecule has 1 aromatic carbocycles. The van der Waals surface area contributed by atoms with Gasteiger partial charge in [-0.2, -0.15) is 13.2 Å². The lowest BCUT2D eigenvalue weighted by atomic mass is 10.2. The van der Waals surface area contributed by atoms with Gasteiger partial charge in [0.15, 0.2) is 0 Å². The van der Waals surface area contributed by atoms with Gasteiger partial charge >= 0.3 is 18.4 Å². The first kappa shape index (κ1) is 21.9. The molecule has 0 fully saturated rings. The Morgan fingerprint density at radius 2 is 1.77 bits per heavy atom. The van der Waals surface area contributed by atoms with Crippen LogP contribution in [0.2, 0.25) is 0 Å². The van der Waals surface area contributed by atoms with Crippen molar-refractivity contribution in [3.63, 3.8) is 0 Å². The van der Waals surface area contributed by atoms with Crippen LogP contribution in [0.3, 0.4) is 0 Å². The van der Waals surface area contributed by atoms with Crippen molar-refractivity contribution in [2.45, 2.75) is 19.1 Å². The van der Waals surface area contributed by atoms with E-state index in [1.165, 1.54) is 30.3 Å². The molecule has 13 heteroatoms. The first-order valence-corrected chi connectivity index (χ1v) is 8.37. The minimum Gasteiger partial charge on any atom is -0.406 e. The fourth-order valence-corrected chi connectivity index (χ4v) is 2.77. The molecular weight excluding hydrogens is 434 g/mol. The largest absolute Gasteiger partial charge is 0.573 e. The Balaban J connectivity index is 2.04. The number of carbonyl (C=O) groups is 2. The van der Waals surface area contributed by atoms with Gasteiger partial charge in [-0.15, -0.1) is 13.2 Å². The lowest BCUT2D eigenvalue weighted by molar-refractivity contribution is -0.274. The van der Waals surface area contributed by atoms with Gasteiger partial charge in [-0.3, -0.25) is 14.2 Å². The first-order chi connectivity index (χ1) is 14.3. The molecule has 0 aliphatic heterocycles. The van der Waals surface area contributed by atoms with E-state index in [1.54, 1.807) is 5.32 Å². The Hall–Kier alpha value is -3.77. The molecule has 0 saturated carbocycles. The van der Waals surface area contributed by atoms with Crippen LogP contribution in [0, 0.1) is 0 Å². The molecule has 0 unspecified atom stereocenters. The summed E-state index contributed by atoms with van der Waals surface area (Å²) in [6.45, 7) is -0.584. The number of aromatic nitrogens is 2. The summed E-state index contributed by atoms with van der Waals surface area (Å²) in [5, 5.41) is 1.98. The van der Waals surface area contributed by atoms with E-state index in [-0.39, 0.29) is 22.7 Å². The maximum atomic E-state index is 12.6. The molecule has 7 nitrogen and oxygen atoms in total. The van der Waals surface area contributed by atoms with Gasteiger partial charge in [-0.05, 0) is 30.3 Å². The molecule has 0 radical (unpaired) electrons. The Morgan fingerprint density at radius 1 is 1.06 bits per heavy atom. The van der Waals surface area contributed by atoms with Crippen LogP contribution in [0.1, 0.15) is 16.2 Å². The molecule has 0 aliphatic rings. The summed E-state index contributed by atoms with van der Waals surface area (Å²) in [7, 11) is 0. The number of amides is 2. The van der Waals surface area contributed by atoms with E-state index in [2.05, 4.69) is 9.72 Å². The zero-order valence-corrected chi connectivity index (χ0v) is 15.2. The highest BCUT2D eigenvalue weighted by Gasteiger charge is 2.38. The number of halogens is 6. The number of ether oxygens (including phenoxy) is 1. The maximum absolute atomic E-state index is 12.6. The molecule has 164 valence electrons. The number of hydrogen-bond acceptors (Lipinski definition) is 4. The predicted molar refractivity (Wildman–Crippen MR) is 94.2 cm³/mol. The van der Waals surface area contributed by atoms with Gasteiger partial charge in [0, 0.05) is 11.5 Å². The van der Waals surface area contributed by atoms with Gasteiger partial charge in [0.1, 0.15) is 17.3 Å². The molecule has 0 spiro atoms. The Kier molecular flexibility index (Phi) is 5.53. The lowest BCUT2D eigenvalue weighted by Crippen LogP contribution is -2.36. The summed E-state index contributed by atoms with van der Waals surface area (Å²) < 4.78 is 79.7. The number of fused-ring (bicyclic) bond motifs is 1. The quantitative estimate of drug-likeness (QED) is 0.588. The topological polar surface area (TPSA) is 99.2 Å². The van der Waals surface area contributed by atoms with Crippen LogP contribution < -0.4 is 15.8 Å². The van der Waals surface area contributed by atoms with Crippen molar-refractivity contribution in [2.75, 3.05) is 0 Å².